The summed E-state index contributed by atoms with van der Waals surface area (Å²) in [6, 6.07) is 0.295. The molecule has 0 bridgehead atoms. The van der Waals surface area contributed by atoms with E-state index in [-0.39, 0.29) is 50.4 Å². The van der Waals surface area contributed by atoms with Crippen LogP contribution in [0.3, 0.4) is 0 Å². The molecule has 9 amide bonds. The number of amides is 9. The van der Waals surface area contributed by atoms with Crippen molar-refractivity contribution in [2.75, 3.05) is 13.6 Å². The van der Waals surface area contributed by atoms with E-state index in [2.05, 4.69) is 41.9 Å². The third-order valence-electron chi connectivity index (χ3n) is 13.6. The fourth-order valence-electron chi connectivity index (χ4n) is 8.82. The number of aromatic amines is 1. The lowest BCUT2D eigenvalue weighted by atomic mass is 9.93. The molecule has 0 radical (unpaired) electrons. The van der Waals surface area contributed by atoms with Gasteiger partial charge in [0.2, 0.25) is 53.2 Å². The van der Waals surface area contributed by atoms with Gasteiger partial charge < -0.3 is 63.6 Å². The molecule has 0 spiro atoms. The summed E-state index contributed by atoms with van der Waals surface area (Å²) >= 11 is 0. The van der Waals surface area contributed by atoms with Gasteiger partial charge in [-0.25, -0.2) is 4.98 Å². The molecule has 13 N–H and O–H groups in total. The van der Waals surface area contributed by atoms with Crippen LogP contribution in [-0.4, -0.2) is 128 Å². The van der Waals surface area contributed by atoms with E-state index in [1.165, 1.54) is 14.0 Å². The molecule has 2 heterocycles. The number of hydrogen-bond acceptors (Lipinski definition) is 11. The molecule has 0 aliphatic heterocycles. The number of aromatic nitrogens is 3. The molecule has 1 aliphatic carbocycles. The van der Waals surface area contributed by atoms with Crippen LogP contribution in [0.5, 0.6) is 0 Å². The minimum absolute atomic E-state index is 0.0144. The summed E-state index contributed by atoms with van der Waals surface area (Å²) in [6.45, 7) is 8.23. The van der Waals surface area contributed by atoms with Crippen LogP contribution in [0.15, 0.2) is 43.0 Å². The highest BCUT2D eigenvalue weighted by atomic mass is 16.2. The van der Waals surface area contributed by atoms with Crippen molar-refractivity contribution >= 4 is 64.1 Å². The van der Waals surface area contributed by atoms with E-state index in [9.17, 15) is 43.2 Å². The highest BCUT2D eigenvalue weighted by Crippen LogP contribution is 2.28. The zero-order chi connectivity index (χ0) is 53.2. The third kappa shape index (κ3) is 17.5. The third-order valence-corrected chi connectivity index (χ3v) is 13.6. The first-order valence-electron chi connectivity index (χ1n) is 25.0. The first-order chi connectivity index (χ1) is 34.1. The Bertz CT molecular complexity index is 2360. The van der Waals surface area contributed by atoms with Crippen LogP contribution in [0.25, 0.3) is 10.9 Å². The molecular weight excluding hydrogens is 927 g/mol. The number of imidazole rings is 1. The summed E-state index contributed by atoms with van der Waals surface area (Å²) in [4.78, 5) is 128. The van der Waals surface area contributed by atoms with Crippen LogP contribution in [-0.2, 0) is 63.0 Å². The van der Waals surface area contributed by atoms with Crippen molar-refractivity contribution in [1.29, 1.82) is 0 Å². The Balaban J connectivity index is 1.40. The maximum Gasteiger partial charge on any atom is 0.245 e. The van der Waals surface area contributed by atoms with Crippen molar-refractivity contribution in [1.82, 2.24) is 51.3 Å². The zero-order valence-corrected chi connectivity index (χ0v) is 42.8. The van der Waals surface area contributed by atoms with Gasteiger partial charge in [-0.2, -0.15) is 0 Å². The van der Waals surface area contributed by atoms with Gasteiger partial charge in [0.05, 0.1) is 18.9 Å². The van der Waals surface area contributed by atoms with Gasteiger partial charge >= 0.3 is 0 Å². The summed E-state index contributed by atoms with van der Waals surface area (Å²) in [5, 5.41) is 17.4. The molecule has 8 atom stereocenters. The quantitative estimate of drug-likeness (QED) is 0.0448. The molecule has 1 saturated carbocycles. The Morgan fingerprint density at radius 2 is 1.44 bits per heavy atom. The average Bonchev–Trinajstić information content (AvgIpc) is 4.11. The number of hydrogen-bond donors (Lipinski definition) is 10. The fraction of sp³-hybridized carbons (Fsp3) is 0.600. The van der Waals surface area contributed by atoms with Crippen molar-refractivity contribution in [3.8, 4) is 0 Å². The largest absolute Gasteiger partial charge is 0.370 e. The smallest absolute Gasteiger partial charge is 0.245 e. The van der Waals surface area contributed by atoms with Gasteiger partial charge in [0.25, 0.3) is 0 Å². The summed E-state index contributed by atoms with van der Waals surface area (Å²) in [7, 11) is 3.14. The number of nitrogens with zero attached hydrogens (tertiary/aromatic N) is 3. The van der Waals surface area contributed by atoms with Gasteiger partial charge in [-0.3, -0.25) is 43.2 Å². The van der Waals surface area contributed by atoms with Gasteiger partial charge in [0.1, 0.15) is 30.2 Å². The Morgan fingerprint density at radius 1 is 0.792 bits per heavy atom. The summed E-state index contributed by atoms with van der Waals surface area (Å²) in [5.74, 6) is -5.74. The fourth-order valence-corrected chi connectivity index (χ4v) is 8.82. The summed E-state index contributed by atoms with van der Waals surface area (Å²) < 4.78 is 1.71. The maximum atomic E-state index is 14.1. The van der Waals surface area contributed by atoms with E-state index < -0.39 is 102 Å². The van der Waals surface area contributed by atoms with Crippen molar-refractivity contribution in [3.05, 3.63) is 54.2 Å². The molecule has 3 aromatic rings. The van der Waals surface area contributed by atoms with Crippen molar-refractivity contribution in [2.45, 2.75) is 154 Å². The number of para-hydroxylation sites is 1. The predicted molar refractivity (Wildman–Crippen MR) is 270 cm³/mol. The second-order valence-corrected chi connectivity index (χ2v) is 19.7. The molecule has 1 aromatic carbocycles. The number of aryl methyl sites for hydroxylation is 1. The van der Waals surface area contributed by atoms with Crippen molar-refractivity contribution < 1.29 is 43.2 Å². The lowest BCUT2D eigenvalue weighted by Crippen LogP contribution is -2.59. The summed E-state index contributed by atoms with van der Waals surface area (Å²) in [6.07, 6.45) is 10.3. The Morgan fingerprint density at radius 3 is 2.07 bits per heavy atom. The predicted octanol–water partition coefficient (Wildman–Crippen LogP) is 0.214. The molecule has 396 valence electrons. The number of carbonyl (C=O) groups excluding carboxylic acids is 9. The molecule has 72 heavy (non-hydrogen) atoms. The number of carbonyl (C=O) groups is 9. The van der Waals surface area contributed by atoms with Crippen LogP contribution in [0.1, 0.15) is 110 Å². The molecule has 1 unspecified atom stereocenters. The van der Waals surface area contributed by atoms with E-state index in [4.69, 9.17) is 17.2 Å². The first kappa shape index (κ1) is 57.7. The Labute approximate surface area is 421 Å². The van der Waals surface area contributed by atoms with Crippen LogP contribution in [0.4, 0.5) is 0 Å². The van der Waals surface area contributed by atoms with Crippen molar-refractivity contribution in [3.63, 3.8) is 0 Å². The molecule has 22 heteroatoms. The number of fused-ring (bicyclic) bond motifs is 1. The van der Waals surface area contributed by atoms with E-state index in [0.717, 1.165) is 41.5 Å². The number of rotatable bonds is 29. The number of nitrogens with one attached hydrogen (secondary N) is 7. The molecular formula is C50H77N13O9. The SMILES string of the molecule is CCC(C)[C@@H](CCC(=O)N[C@@H](CC1CCCC1)C(N)=O)NC(=O)[C@H](Cc1cncn1C)NC(=O)CN(C)C(=O)[C@@H](NC(=O)[C@H](C)NC(=O)[C@H](Cc1c[nH]c2ccccc12)NC(=O)[C@@H](N)CCC(N)=O)C(C)C. The minimum Gasteiger partial charge on any atom is -0.370 e. The molecule has 22 nitrogen and oxygen atoms in total. The van der Waals surface area contributed by atoms with E-state index in [1.807, 2.05) is 38.1 Å². The van der Waals surface area contributed by atoms with E-state index >= 15 is 0 Å². The monoisotopic (exact) mass is 1000 g/mol. The molecule has 2 aromatic heterocycles. The lowest BCUT2D eigenvalue weighted by molar-refractivity contribution is -0.140. The maximum absolute atomic E-state index is 14.1. The highest BCUT2D eigenvalue weighted by Gasteiger charge is 2.34. The Hall–Kier alpha value is -6.84. The average molecular weight is 1000 g/mol. The van der Waals surface area contributed by atoms with Gasteiger partial charge in [-0.1, -0.05) is 78.0 Å². The molecule has 1 fully saturated rings. The number of likely N-dealkylation sites (N-methyl/N-ethyl adjacent to an activating group) is 1. The minimum atomic E-state index is -1.21. The van der Waals surface area contributed by atoms with Gasteiger partial charge in [-0.05, 0) is 55.6 Å². The summed E-state index contributed by atoms with van der Waals surface area (Å²) in [5.41, 5.74) is 19.1. The van der Waals surface area contributed by atoms with E-state index in [1.54, 1.807) is 44.2 Å². The number of benzene rings is 1. The normalized spacial score (nSPS) is 16.0. The van der Waals surface area contributed by atoms with Crippen LogP contribution in [0.2, 0.25) is 0 Å². The Kier molecular flexibility index (Phi) is 22.2. The first-order valence-corrected chi connectivity index (χ1v) is 25.0. The van der Waals surface area contributed by atoms with E-state index in [0.29, 0.717) is 30.0 Å². The van der Waals surface area contributed by atoms with Gasteiger partial charge in [-0.15, -0.1) is 0 Å². The number of nitrogens with two attached hydrogens (primary N) is 3. The standard InChI is InChI=1S/C50H77N13O9/c1-8-29(4)36(18-20-42(65)57-38(45(53)67)21-31-13-9-10-14-31)59-49(71)40(23-33-25-54-27-63(33)7)58-43(66)26-62(6)50(72)44(28(2)3)61-46(68)30(5)56-48(70)39(60-47(69)35(51)17-19-41(52)64)22-32-24-55-37-16-12-11-15-34(32)37/h11-12,15-16,24-25,27-31,35-36,38-40,44,55H,8-10,13-14,17-23,26,51H2,1-7H3,(H2,52,64)(H2,53,67)(H,56,70)(H,57,65)(H,58,66)(H,59,71)(H,60,69)(H,61,68)/t29?,30-,35-,36+,38-,39-,40-,44-/m0/s1. The second-order valence-electron chi connectivity index (χ2n) is 19.7. The topological polar surface area (TPSA) is 341 Å². The van der Waals surface area contributed by atoms with Crippen LogP contribution in [0, 0.1) is 17.8 Å². The zero-order valence-electron chi connectivity index (χ0n) is 42.8. The lowest BCUT2D eigenvalue weighted by Gasteiger charge is -2.29. The van der Waals surface area contributed by atoms with Crippen LogP contribution >= 0.6 is 0 Å². The molecule has 4 rings (SSSR count). The highest BCUT2D eigenvalue weighted by molar-refractivity contribution is 5.96. The number of primary amides is 2. The number of H-pyrrole nitrogens is 1. The molecule has 0 saturated heterocycles. The van der Waals surface area contributed by atoms with Gasteiger partial charge in [0.15, 0.2) is 0 Å². The van der Waals surface area contributed by atoms with Crippen molar-refractivity contribution in [2.24, 2.45) is 42.0 Å². The van der Waals surface area contributed by atoms with Gasteiger partial charge in [0, 0.05) is 74.8 Å². The van der Waals surface area contributed by atoms with Crippen LogP contribution < -0.4 is 49.1 Å². The second kappa shape index (κ2) is 27.7. The molecule has 1 aliphatic rings.